The largest absolute Gasteiger partial charge is 0.378 e. The van der Waals surface area contributed by atoms with Crippen molar-refractivity contribution in [2.45, 2.75) is 39.7 Å². The molecule has 0 bridgehead atoms. The van der Waals surface area contributed by atoms with Crippen molar-refractivity contribution < 1.29 is 4.74 Å². The van der Waals surface area contributed by atoms with Crippen LogP contribution in [0.15, 0.2) is 17.8 Å². The number of ether oxygens (including phenoxy) is 1. The summed E-state index contributed by atoms with van der Waals surface area (Å²) in [6.45, 7) is 9.65. The topological polar surface area (TPSA) is 38.6 Å². The van der Waals surface area contributed by atoms with Gasteiger partial charge in [0.15, 0.2) is 4.96 Å². The third-order valence-corrected chi connectivity index (χ3v) is 5.31. The van der Waals surface area contributed by atoms with Gasteiger partial charge in [-0.25, -0.2) is 4.98 Å². The van der Waals surface area contributed by atoms with Gasteiger partial charge < -0.3 is 10.1 Å². The predicted molar refractivity (Wildman–Crippen MR) is 86.9 cm³/mol. The highest BCUT2D eigenvalue weighted by atomic mass is 32.1. The van der Waals surface area contributed by atoms with Gasteiger partial charge >= 0.3 is 0 Å². The van der Waals surface area contributed by atoms with Crippen LogP contribution < -0.4 is 5.32 Å². The number of rotatable bonds is 6. The Kier molecular flexibility index (Phi) is 4.33. The van der Waals surface area contributed by atoms with Gasteiger partial charge in [0.2, 0.25) is 0 Å². The summed E-state index contributed by atoms with van der Waals surface area (Å²) in [6.07, 6.45) is 6.64. The van der Waals surface area contributed by atoms with E-state index in [-0.39, 0.29) is 11.5 Å². The van der Waals surface area contributed by atoms with Crippen LogP contribution in [-0.4, -0.2) is 35.2 Å². The maximum absolute atomic E-state index is 5.88. The SMILES string of the molecule is CC(C)CNCC1(Cc2cn3ccsc3n2)CCOC1C. The maximum Gasteiger partial charge on any atom is 0.193 e. The van der Waals surface area contributed by atoms with Gasteiger partial charge in [0, 0.05) is 42.8 Å². The molecule has 1 N–H and O–H groups in total. The average molecular weight is 307 g/mol. The summed E-state index contributed by atoms with van der Waals surface area (Å²) in [4.78, 5) is 5.84. The fourth-order valence-electron chi connectivity index (χ4n) is 3.18. The molecule has 1 saturated heterocycles. The molecule has 1 aliphatic rings. The van der Waals surface area contributed by atoms with Crippen molar-refractivity contribution in [1.82, 2.24) is 14.7 Å². The summed E-state index contributed by atoms with van der Waals surface area (Å²) in [7, 11) is 0. The Labute approximate surface area is 130 Å². The van der Waals surface area contributed by atoms with Gasteiger partial charge in [-0.3, -0.25) is 4.40 Å². The molecule has 2 unspecified atom stereocenters. The van der Waals surface area contributed by atoms with Crippen LogP contribution in [0.1, 0.15) is 32.9 Å². The minimum absolute atomic E-state index is 0.179. The Morgan fingerprint density at radius 1 is 1.57 bits per heavy atom. The number of nitrogens with one attached hydrogen (secondary N) is 1. The number of hydrogen-bond acceptors (Lipinski definition) is 4. The molecule has 0 amide bonds. The second-order valence-corrected chi connectivity index (χ2v) is 7.53. The van der Waals surface area contributed by atoms with Gasteiger partial charge in [-0.05, 0) is 25.8 Å². The monoisotopic (exact) mass is 307 g/mol. The van der Waals surface area contributed by atoms with Gasteiger partial charge in [0.05, 0.1) is 11.8 Å². The first-order chi connectivity index (χ1) is 10.1. The van der Waals surface area contributed by atoms with E-state index in [9.17, 15) is 0 Å². The van der Waals surface area contributed by atoms with Gasteiger partial charge in [-0.1, -0.05) is 13.8 Å². The van der Waals surface area contributed by atoms with Crippen LogP contribution in [0.4, 0.5) is 0 Å². The summed E-state index contributed by atoms with van der Waals surface area (Å²) >= 11 is 1.69. The first-order valence-electron chi connectivity index (χ1n) is 7.82. The van der Waals surface area contributed by atoms with Gasteiger partial charge in [0.1, 0.15) is 0 Å². The summed E-state index contributed by atoms with van der Waals surface area (Å²) in [5, 5.41) is 5.71. The zero-order chi connectivity index (χ0) is 14.9. The van der Waals surface area contributed by atoms with Gasteiger partial charge in [-0.2, -0.15) is 0 Å². The number of hydrogen-bond donors (Lipinski definition) is 1. The van der Waals surface area contributed by atoms with Crippen LogP contribution in [0.5, 0.6) is 0 Å². The third-order valence-electron chi connectivity index (χ3n) is 4.54. The van der Waals surface area contributed by atoms with E-state index < -0.39 is 0 Å². The second kappa shape index (κ2) is 6.07. The van der Waals surface area contributed by atoms with Crippen molar-refractivity contribution in [2.24, 2.45) is 11.3 Å². The molecule has 1 aliphatic heterocycles. The van der Waals surface area contributed by atoms with Crippen LogP contribution in [0, 0.1) is 11.3 Å². The number of nitrogens with zero attached hydrogens (tertiary/aromatic N) is 2. The fraction of sp³-hybridized carbons (Fsp3) is 0.688. The highest BCUT2D eigenvalue weighted by molar-refractivity contribution is 7.15. The lowest BCUT2D eigenvalue weighted by molar-refractivity contribution is 0.0623. The van der Waals surface area contributed by atoms with E-state index in [0.29, 0.717) is 5.92 Å². The molecular weight excluding hydrogens is 282 g/mol. The van der Waals surface area contributed by atoms with Gasteiger partial charge in [-0.15, -0.1) is 11.3 Å². The minimum atomic E-state index is 0.179. The number of imidazole rings is 1. The lowest BCUT2D eigenvalue weighted by Gasteiger charge is -2.32. The average Bonchev–Trinajstić information content (AvgIpc) is 3.06. The molecule has 2 atom stereocenters. The van der Waals surface area contributed by atoms with Crippen molar-refractivity contribution in [2.75, 3.05) is 19.7 Å². The van der Waals surface area contributed by atoms with Crippen molar-refractivity contribution in [3.63, 3.8) is 0 Å². The van der Waals surface area contributed by atoms with E-state index in [1.54, 1.807) is 11.3 Å². The van der Waals surface area contributed by atoms with E-state index in [1.165, 1.54) is 5.69 Å². The Morgan fingerprint density at radius 3 is 3.10 bits per heavy atom. The molecule has 4 nitrogen and oxygen atoms in total. The summed E-state index contributed by atoms with van der Waals surface area (Å²) in [5.74, 6) is 0.678. The Hall–Kier alpha value is -0.910. The molecular formula is C16H25N3OS. The standard InChI is InChI=1S/C16H25N3OS/c1-12(2)9-17-11-16(4-6-20-13(16)3)8-14-10-19-5-7-21-15(19)18-14/h5,7,10,12-13,17H,4,6,8-9,11H2,1-3H3. The third kappa shape index (κ3) is 3.15. The smallest absolute Gasteiger partial charge is 0.193 e. The molecule has 2 aromatic heterocycles. The highest BCUT2D eigenvalue weighted by Gasteiger charge is 2.41. The Morgan fingerprint density at radius 2 is 2.43 bits per heavy atom. The molecule has 0 aliphatic carbocycles. The highest BCUT2D eigenvalue weighted by Crippen LogP contribution is 2.37. The summed E-state index contributed by atoms with van der Waals surface area (Å²) in [6, 6.07) is 0. The zero-order valence-electron chi connectivity index (χ0n) is 13.1. The van der Waals surface area contributed by atoms with Crippen molar-refractivity contribution in [3.8, 4) is 0 Å². The summed E-state index contributed by atoms with van der Waals surface area (Å²) in [5.41, 5.74) is 1.37. The van der Waals surface area contributed by atoms with Crippen molar-refractivity contribution in [1.29, 1.82) is 0 Å². The quantitative estimate of drug-likeness (QED) is 0.891. The molecule has 0 saturated carbocycles. The van der Waals surface area contributed by atoms with Crippen molar-refractivity contribution in [3.05, 3.63) is 23.5 Å². The lowest BCUT2D eigenvalue weighted by atomic mass is 9.77. The van der Waals surface area contributed by atoms with Crippen molar-refractivity contribution >= 4 is 16.3 Å². The normalized spacial score (nSPS) is 26.2. The van der Waals surface area contributed by atoms with E-state index >= 15 is 0 Å². The second-order valence-electron chi connectivity index (χ2n) is 6.65. The Bertz CT molecular complexity index is 563. The first-order valence-corrected chi connectivity index (χ1v) is 8.70. The van der Waals surface area contributed by atoms with E-state index in [2.05, 4.69) is 48.3 Å². The molecule has 2 aromatic rings. The van der Waals surface area contributed by atoms with E-state index in [1.807, 2.05) is 0 Å². The molecule has 0 spiro atoms. The number of fused-ring (bicyclic) bond motifs is 1. The number of aromatic nitrogens is 2. The van der Waals surface area contributed by atoms with Crippen LogP contribution in [0.25, 0.3) is 4.96 Å². The molecule has 3 rings (SSSR count). The molecule has 5 heteroatoms. The molecule has 21 heavy (non-hydrogen) atoms. The zero-order valence-corrected chi connectivity index (χ0v) is 13.9. The van der Waals surface area contributed by atoms with Crippen LogP contribution >= 0.6 is 11.3 Å². The lowest BCUT2D eigenvalue weighted by Crippen LogP contribution is -2.42. The van der Waals surface area contributed by atoms with Crippen LogP contribution in [0.2, 0.25) is 0 Å². The predicted octanol–water partition coefficient (Wildman–Crippen LogP) is 2.98. The Balaban J connectivity index is 1.74. The van der Waals surface area contributed by atoms with Gasteiger partial charge in [0.25, 0.3) is 0 Å². The molecule has 116 valence electrons. The maximum atomic E-state index is 5.88. The summed E-state index contributed by atoms with van der Waals surface area (Å²) < 4.78 is 8.00. The molecule has 0 radical (unpaired) electrons. The van der Waals surface area contributed by atoms with Crippen LogP contribution in [-0.2, 0) is 11.2 Å². The minimum Gasteiger partial charge on any atom is -0.378 e. The molecule has 0 aromatic carbocycles. The van der Waals surface area contributed by atoms with Crippen LogP contribution in [0.3, 0.4) is 0 Å². The van der Waals surface area contributed by atoms with E-state index in [0.717, 1.165) is 37.5 Å². The molecule has 1 fully saturated rings. The van der Waals surface area contributed by atoms with E-state index in [4.69, 9.17) is 9.72 Å². The fourth-order valence-corrected chi connectivity index (χ4v) is 3.90. The number of thiazole rings is 1. The first kappa shape index (κ1) is 15.0. The molecule has 3 heterocycles.